The van der Waals surface area contributed by atoms with Gasteiger partial charge in [0.2, 0.25) is 5.91 Å². The van der Waals surface area contributed by atoms with E-state index in [-0.39, 0.29) is 5.91 Å². The highest BCUT2D eigenvalue weighted by Gasteiger charge is 2.30. The largest absolute Gasteiger partial charge is 0.497 e. The summed E-state index contributed by atoms with van der Waals surface area (Å²) in [5.74, 6) is 0.937. The molecule has 1 fully saturated rings. The lowest BCUT2D eigenvalue weighted by molar-refractivity contribution is -0.120. The smallest absolute Gasteiger partial charge is 0.241 e. The van der Waals surface area contributed by atoms with Crippen LogP contribution >= 0.6 is 22.7 Å². The number of thiophene rings is 2. The van der Waals surface area contributed by atoms with Crippen LogP contribution < -0.4 is 9.64 Å². The molecule has 1 atom stereocenters. The van der Waals surface area contributed by atoms with E-state index >= 15 is 0 Å². The summed E-state index contributed by atoms with van der Waals surface area (Å²) in [7, 11) is 1.65. The third-order valence-corrected chi connectivity index (χ3v) is 6.99. The number of amides is 1. The summed E-state index contributed by atoms with van der Waals surface area (Å²) >= 11 is 3.47. The number of anilines is 1. The highest BCUT2D eigenvalue weighted by atomic mass is 32.1. The summed E-state index contributed by atoms with van der Waals surface area (Å²) in [4.78, 5) is 20.1. The van der Waals surface area contributed by atoms with Crippen molar-refractivity contribution in [1.29, 1.82) is 0 Å². The monoisotopic (exact) mass is 412 g/mol. The van der Waals surface area contributed by atoms with Gasteiger partial charge in [0.25, 0.3) is 0 Å². The second-order valence-corrected chi connectivity index (χ2v) is 8.91. The average Bonchev–Trinajstić information content (AvgIpc) is 3.48. The fourth-order valence-corrected chi connectivity index (χ4v) is 5.31. The molecule has 6 heteroatoms. The maximum Gasteiger partial charge on any atom is 0.241 e. The van der Waals surface area contributed by atoms with Crippen molar-refractivity contribution in [2.75, 3.05) is 25.1 Å². The van der Waals surface area contributed by atoms with Crippen LogP contribution in [0.2, 0.25) is 0 Å². The Hall–Kier alpha value is -2.15. The van der Waals surface area contributed by atoms with Gasteiger partial charge in [0.15, 0.2) is 0 Å². The van der Waals surface area contributed by atoms with Gasteiger partial charge < -0.3 is 9.64 Å². The van der Waals surface area contributed by atoms with E-state index in [4.69, 9.17) is 4.74 Å². The summed E-state index contributed by atoms with van der Waals surface area (Å²) in [5.41, 5.74) is 0.908. The third kappa shape index (κ3) is 4.29. The van der Waals surface area contributed by atoms with Crippen LogP contribution in [0.15, 0.2) is 59.3 Å². The van der Waals surface area contributed by atoms with Crippen molar-refractivity contribution in [3.63, 3.8) is 0 Å². The molecule has 0 saturated carbocycles. The Labute approximate surface area is 174 Å². The van der Waals surface area contributed by atoms with Crippen molar-refractivity contribution in [2.45, 2.75) is 25.4 Å². The molecule has 4 rings (SSSR count). The fourth-order valence-electron chi connectivity index (χ4n) is 3.72. The number of carbonyl (C=O) groups is 1. The molecule has 4 nitrogen and oxygen atoms in total. The van der Waals surface area contributed by atoms with Crippen molar-refractivity contribution < 1.29 is 9.53 Å². The van der Waals surface area contributed by atoms with Crippen molar-refractivity contribution in [1.82, 2.24) is 4.90 Å². The summed E-state index contributed by atoms with van der Waals surface area (Å²) in [5, 5.41) is 4.17. The number of ether oxygens (including phenoxy) is 1. The first kappa shape index (κ1) is 19.2. The maximum absolute atomic E-state index is 13.4. The van der Waals surface area contributed by atoms with Gasteiger partial charge in [0.05, 0.1) is 20.2 Å². The molecule has 0 N–H and O–H groups in total. The topological polar surface area (TPSA) is 32.8 Å². The number of rotatable bonds is 7. The fraction of sp³-hybridized carbons (Fsp3) is 0.318. The van der Waals surface area contributed by atoms with E-state index in [9.17, 15) is 4.79 Å². The standard InChI is InChI=1S/C22H24N2O2S2/c1-26-18-10-8-17(9-11-18)24(15-19-5-3-13-27-19)22(25)16-23-12-2-6-20(23)21-7-4-14-28-21/h3-5,7-11,13-14,20H,2,6,12,15-16H2,1H3. The number of methoxy groups -OCH3 is 1. The van der Waals surface area contributed by atoms with Crippen LogP contribution in [0.1, 0.15) is 28.6 Å². The zero-order valence-corrected chi connectivity index (χ0v) is 17.5. The predicted octanol–water partition coefficient (Wildman–Crippen LogP) is 5.19. The van der Waals surface area contributed by atoms with Crippen molar-refractivity contribution in [3.05, 3.63) is 69.0 Å². The molecular weight excluding hydrogens is 388 g/mol. The predicted molar refractivity (Wildman–Crippen MR) is 116 cm³/mol. The molecule has 1 aliphatic rings. The minimum atomic E-state index is 0.141. The highest BCUT2D eigenvalue weighted by Crippen LogP contribution is 2.34. The van der Waals surface area contributed by atoms with E-state index in [2.05, 4.69) is 33.9 Å². The molecule has 0 aliphatic carbocycles. The van der Waals surface area contributed by atoms with Gasteiger partial charge in [0, 0.05) is 21.5 Å². The van der Waals surface area contributed by atoms with Gasteiger partial charge in [0.1, 0.15) is 5.75 Å². The molecule has 0 bridgehead atoms. The number of benzene rings is 1. The van der Waals surface area contributed by atoms with Crippen LogP contribution in [0.3, 0.4) is 0 Å². The van der Waals surface area contributed by atoms with Crippen LogP contribution in [-0.4, -0.2) is 31.0 Å². The lowest BCUT2D eigenvalue weighted by Gasteiger charge is -2.28. The molecule has 3 aromatic rings. The molecule has 28 heavy (non-hydrogen) atoms. The Balaban J connectivity index is 1.53. The van der Waals surface area contributed by atoms with Gasteiger partial charge in [-0.1, -0.05) is 12.1 Å². The SMILES string of the molecule is COc1ccc(N(Cc2cccs2)C(=O)CN2CCCC2c2cccs2)cc1. The Morgan fingerprint density at radius 1 is 1.14 bits per heavy atom. The third-order valence-electron chi connectivity index (χ3n) is 5.15. The lowest BCUT2D eigenvalue weighted by Crippen LogP contribution is -2.39. The van der Waals surface area contributed by atoms with E-state index in [1.54, 1.807) is 29.8 Å². The zero-order chi connectivity index (χ0) is 19.3. The van der Waals surface area contributed by atoms with E-state index in [1.807, 2.05) is 35.2 Å². The lowest BCUT2D eigenvalue weighted by atomic mass is 10.2. The van der Waals surface area contributed by atoms with Gasteiger partial charge >= 0.3 is 0 Å². The Bertz CT molecular complexity index is 876. The first-order valence-electron chi connectivity index (χ1n) is 9.49. The normalized spacial score (nSPS) is 17.0. The Morgan fingerprint density at radius 2 is 1.93 bits per heavy atom. The second-order valence-electron chi connectivity index (χ2n) is 6.90. The van der Waals surface area contributed by atoms with Crippen LogP contribution in [-0.2, 0) is 11.3 Å². The number of hydrogen-bond donors (Lipinski definition) is 0. The molecule has 0 radical (unpaired) electrons. The molecule has 1 amide bonds. The van der Waals surface area contributed by atoms with E-state index in [0.717, 1.165) is 30.8 Å². The van der Waals surface area contributed by atoms with Crippen molar-refractivity contribution in [2.24, 2.45) is 0 Å². The summed E-state index contributed by atoms with van der Waals surface area (Å²) in [6.45, 7) is 2.02. The second kappa shape index (κ2) is 8.90. The van der Waals surface area contributed by atoms with Gasteiger partial charge in [-0.25, -0.2) is 0 Å². The number of hydrogen-bond acceptors (Lipinski definition) is 5. The van der Waals surface area contributed by atoms with Gasteiger partial charge in [-0.2, -0.15) is 0 Å². The molecule has 1 saturated heterocycles. The van der Waals surface area contributed by atoms with Crippen molar-refractivity contribution >= 4 is 34.3 Å². The quantitative estimate of drug-likeness (QED) is 0.535. The molecular formula is C22H24N2O2S2. The Morgan fingerprint density at radius 3 is 2.61 bits per heavy atom. The van der Waals surface area contributed by atoms with E-state index < -0.39 is 0 Å². The Kier molecular flexibility index (Phi) is 6.10. The van der Waals surface area contributed by atoms with Crippen molar-refractivity contribution in [3.8, 4) is 5.75 Å². The molecule has 1 aromatic carbocycles. The first-order valence-corrected chi connectivity index (χ1v) is 11.2. The van der Waals surface area contributed by atoms with Crippen LogP contribution in [0, 0.1) is 0 Å². The van der Waals surface area contributed by atoms with Gasteiger partial charge in [-0.3, -0.25) is 9.69 Å². The minimum absolute atomic E-state index is 0.141. The van der Waals surface area contributed by atoms with Gasteiger partial charge in [-0.15, -0.1) is 22.7 Å². The molecule has 146 valence electrons. The van der Waals surface area contributed by atoms with Crippen LogP contribution in [0.5, 0.6) is 5.75 Å². The highest BCUT2D eigenvalue weighted by molar-refractivity contribution is 7.10. The number of carbonyl (C=O) groups excluding carboxylic acids is 1. The average molecular weight is 413 g/mol. The molecule has 1 unspecified atom stereocenters. The minimum Gasteiger partial charge on any atom is -0.497 e. The van der Waals surface area contributed by atoms with Crippen LogP contribution in [0.4, 0.5) is 5.69 Å². The molecule has 0 spiro atoms. The summed E-state index contributed by atoms with van der Waals surface area (Å²) in [6, 6.07) is 16.5. The molecule has 1 aliphatic heterocycles. The molecule has 3 heterocycles. The zero-order valence-electron chi connectivity index (χ0n) is 15.9. The van der Waals surface area contributed by atoms with E-state index in [0.29, 0.717) is 19.1 Å². The number of likely N-dealkylation sites (tertiary alicyclic amines) is 1. The molecule has 2 aromatic heterocycles. The number of nitrogens with zero attached hydrogens (tertiary/aromatic N) is 2. The first-order chi connectivity index (χ1) is 13.7. The van der Waals surface area contributed by atoms with E-state index in [1.165, 1.54) is 9.75 Å². The summed E-state index contributed by atoms with van der Waals surface area (Å²) in [6.07, 6.45) is 2.27. The summed E-state index contributed by atoms with van der Waals surface area (Å²) < 4.78 is 5.27. The van der Waals surface area contributed by atoms with Gasteiger partial charge in [-0.05, 0) is 66.5 Å². The van der Waals surface area contributed by atoms with Crippen LogP contribution in [0.25, 0.3) is 0 Å². The maximum atomic E-state index is 13.4.